The van der Waals surface area contributed by atoms with Crippen molar-refractivity contribution >= 4 is 19.0 Å². The zero-order chi connectivity index (χ0) is 21.5. The van der Waals surface area contributed by atoms with Crippen molar-refractivity contribution in [3.05, 3.63) is 0 Å². The average molecular weight is 421 g/mol. The van der Waals surface area contributed by atoms with Crippen molar-refractivity contribution in [1.29, 1.82) is 0 Å². The van der Waals surface area contributed by atoms with Crippen LogP contribution in [-0.4, -0.2) is 53.3 Å². The minimum atomic E-state index is -0.450. The molecular formula is C21H48O4Si2. The first kappa shape index (κ1) is 27.3. The summed E-state index contributed by atoms with van der Waals surface area (Å²) < 4.78 is 24.7. The van der Waals surface area contributed by atoms with Crippen LogP contribution in [0, 0.1) is 0 Å². The average Bonchev–Trinajstić information content (AvgIpc) is 2.29. The summed E-state index contributed by atoms with van der Waals surface area (Å²) in [4.78, 5) is 0. The van der Waals surface area contributed by atoms with Crippen LogP contribution in [-0.2, 0) is 18.9 Å². The van der Waals surface area contributed by atoms with Gasteiger partial charge in [0.25, 0.3) is 0 Å². The van der Waals surface area contributed by atoms with Crippen LogP contribution in [0.5, 0.6) is 0 Å². The topological polar surface area (TPSA) is 36.9 Å². The molecule has 0 saturated carbocycles. The molecule has 0 saturated heterocycles. The van der Waals surface area contributed by atoms with Gasteiger partial charge in [0, 0.05) is 0 Å². The second-order valence-corrected chi connectivity index (χ2v) is 15.3. The zero-order valence-electron chi connectivity index (χ0n) is 20.3. The lowest BCUT2D eigenvalue weighted by Gasteiger charge is -2.33. The Balaban J connectivity index is 4.46. The van der Waals surface area contributed by atoms with E-state index in [9.17, 15) is 0 Å². The first-order valence-corrected chi connectivity index (χ1v) is 14.2. The van der Waals surface area contributed by atoms with E-state index in [4.69, 9.17) is 18.9 Å². The van der Waals surface area contributed by atoms with Crippen LogP contribution in [0.25, 0.3) is 0 Å². The smallest absolute Gasteiger partial charge is 0.136 e. The van der Waals surface area contributed by atoms with Crippen LogP contribution in [0.1, 0.15) is 89.5 Å². The van der Waals surface area contributed by atoms with Crippen LogP contribution in [0.15, 0.2) is 0 Å². The van der Waals surface area contributed by atoms with Crippen molar-refractivity contribution in [2.24, 2.45) is 0 Å². The van der Waals surface area contributed by atoms with E-state index in [2.05, 4.69) is 83.1 Å². The molecule has 0 bridgehead atoms. The predicted octanol–water partition coefficient (Wildman–Crippen LogP) is 4.38. The highest BCUT2D eigenvalue weighted by Gasteiger charge is 2.26. The van der Waals surface area contributed by atoms with Crippen LogP contribution in [0.4, 0.5) is 0 Å². The maximum Gasteiger partial charge on any atom is 0.136 e. The van der Waals surface area contributed by atoms with Crippen molar-refractivity contribution in [3.63, 3.8) is 0 Å². The third-order valence-electron chi connectivity index (χ3n) is 3.32. The van der Waals surface area contributed by atoms with Crippen molar-refractivity contribution in [2.75, 3.05) is 0 Å². The normalized spacial score (nSPS) is 15.3. The quantitative estimate of drug-likeness (QED) is 0.298. The summed E-state index contributed by atoms with van der Waals surface area (Å²) in [5.74, 6) is -0.0294. The molecule has 27 heavy (non-hydrogen) atoms. The molecule has 0 aromatic heterocycles. The molecule has 4 nitrogen and oxygen atoms in total. The van der Waals surface area contributed by atoms with Gasteiger partial charge in [-0.3, -0.25) is 0 Å². The predicted molar refractivity (Wildman–Crippen MR) is 122 cm³/mol. The summed E-state index contributed by atoms with van der Waals surface area (Å²) in [7, 11) is -0.901. The lowest BCUT2D eigenvalue weighted by molar-refractivity contribution is -0.194. The zero-order valence-corrected chi connectivity index (χ0v) is 23.2. The monoisotopic (exact) mass is 420 g/mol. The van der Waals surface area contributed by atoms with Crippen molar-refractivity contribution < 1.29 is 18.9 Å². The number of rotatable bonds is 10. The summed E-state index contributed by atoms with van der Waals surface area (Å²) >= 11 is 0. The highest BCUT2D eigenvalue weighted by Crippen LogP contribution is 2.20. The third-order valence-corrected chi connectivity index (χ3v) is 6.75. The van der Waals surface area contributed by atoms with E-state index in [0.717, 1.165) is 0 Å². The first-order valence-electron chi connectivity index (χ1n) is 10.6. The molecule has 6 heteroatoms. The molecule has 0 aromatic carbocycles. The van der Waals surface area contributed by atoms with E-state index in [-0.39, 0.29) is 34.2 Å². The molecule has 0 fully saturated rings. The Morgan fingerprint density at radius 2 is 0.704 bits per heavy atom. The van der Waals surface area contributed by atoms with E-state index < -0.39 is 19.0 Å². The molecule has 0 rings (SSSR count). The fraction of sp³-hybridized carbons (Fsp3) is 1.00. The van der Waals surface area contributed by atoms with Gasteiger partial charge in [0.2, 0.25) is 0 Å². The van der Waals surface area contributed by atoms with Gasteiger partial charge in [-0.05, 0) is 83.1 Å². The van der Waals surface area contributed by atoms with Crippen molar-refractivity contribution in [2.45, 2.75) is 136 Å². The van der Waals surface area contributed by atoms with E-state index in [1.165, 1.54) is 18.5 Å². The van der Waals surface area contributed by atoms with E-state index in [1.54, 1.807) is 0 Å². The molecule has 0 aromatic rings. The van der Waals surface area contributed by atoms with Crippen molar-refractivity contribution in [1.82, 2.24) is 0 Å². The lowest BCUT2D eigenvalue weighted by atomic mass is 10.2. The van der Waals surface area contributed by atoms with Gasteiger partial charge in [0.15, 0.2) is 0 Å². The second kappa shape index (κ2) is 10.9. The minimum absolute atomic E-state index is 0.0147. The van der Waals surface area contributed by atoms with Gasteiger partial charge in [-0.2, -0.15) is 0 Å². The van der Waals surface area contributed by atoms with Crippen LogP contribution in [0.3, 0.4) is 0 Å². The number of ether oxygens (including phenoxy) is 4. The number of hydrogen-bond acceptors (Lipinski definition) is 4. The van der Waals surface area contributed by atoms with E-state index >= 15 is 0 Å². The molecule has 0 aliphatic heterocycles. The van der Waals surface area contributed by atoms with Crippen LogP contribution < -0.4 is 0 Å². The molecule has 0 aliphatic rings. The molecule has 0 amide bonds. The Labute approximate surface area is 174 Å². The largest absolute Gasteiger partial charge is 0.352 e. The molecule has 164 valence electrons. The molecule has 0 unspecified atom stereocenters. The van der Waals surface area contributed by atoms with E-state index in [1.807, 2.05) is 0 Å². The highest BCUT2D eigenvalue weighted by atomic mass is 28.2. The third kappa shape index (κ3) is 19.4. The standard InChI is InChI=1S/C21H48O4Si2/c1-18(2,3)22-16(23-19(4,5)6)26-14-13-15-27-17(24-20(7,8)9)25-21(10,11)12/h16-17H,13-15,26-27H2,1-12H3. The Kier molecular flexibility index (Phi) is 11.0. The molecule has 0 spiro atoms. The summed E-state index contributed by atoms with van der Waals surface area (Å²) in [5, 5.41) is 0. The highest BCUT2D eigenvalue weighted by molar-refractivity contribution is 6.38. The van der Waals surface area contributed by atoms with Gasteiger partial charge in [0.1, 0.15) is 11.8 Å². The number of hydrogen-bond donors (Lipinski definition) is 0. The maximum absolute atomic E-state index is 6.17. The Morgan fingerprint density at radius 3 is 0.889 bits per heavy atom. The second-order valence-electron chi connectivity index (χ2n) is 11.4. The maximum atomic E-state index is 6.17. The summed E-state index contributed by atoms with van der Waals surface area (Å²) in [6.07, 6.45) is 1.23. The van der Waals surface area contributed by atoms with Gasteiger partial charge in [0.05, 0.1) is 41.4 Å². The molecule has 0 radical (unpaired) electrons. The van der Waals surface area contributed by atoms with Gasteiger partial charge < -0.3 is 18.9 Å². The Bertz CT molecular complexity index is 330. The first-order chi connectivity index (χ1) is 11.9. The molecular weight excluding hydrogens is 372 g/mol. The summed E-state index contributed by atoms with van der Waals surface area (Å²) in [6.45, 7) is 25.2. The fourth-order valence-corrected chi connectivity index (χ4v) is 7.79. The molecule has 0 atom stereocenters. The summed E-state index contributed by atoms with van der Waals surface area (Å²) in [5.41, 5.74) is -0.651. The van der Waals surface area contributed by atoms with Gasteiger partial charge in [-0.25, -0.2) is 0 Å². The Hall–Kier alpha value is 0.274. The van der Waals surface area contributed by atoms with Gasteiger partial charge in [-0.1, -0.05) is 18.5 Å². The summed E-state index contributed by atoms with van der Waals surface area (Å²) in [6, 6.07) is 2.48. The van der Waals surface area contributed by atoms with Crippen LogP contribution >= 0.6 is 0 Å². The van der Waals surface area contributed by atoms with Crippen molar-refractivity contribution in [3.8, 4) is 0 Å². The van der Waals surface area contributed by atoms with Gasteiger partial charge in [-0.15, -0.1) is 0 Å². The fourth-order valence-electron chi connectivity index (χ4n) is 2.66. The van der Waals surface area contributed by atoms with Gasteiger partial charge >= 0.3 is 0 Å². The molecule has 0 N–H and O–H groups in total. The van der Waals surface area contributed by atoms with Crippen LogP contribution in [0.2, 0.25) is 12.1 Å². The lowest BCUT2D eigenvalue weighted by Crippen LogP contribution is -2.39. The minimum Gasteiger partial charge on any atom is -0.352 e. The van der Waals surface area contributed by atoms with E-state index in [0.29, 0.717) is 0 Å². The molecule has 0 aliphatic carbocycles. The Morgan fingerprint density at radius 1 is 0.481 bits per heavy atom. The molecule has 0 heterocycles. The SMILES string of the molecule is CC(C)(C)OC(OC(C)(C)C)[SiH2]CCC[SiH2]C(OC(C)(C)C)OC(C)(C)C.